The smallest absolute Gasteiger partial charge is 0.416 e. The Hall–Kier alpha value is -2.64. The maximum absolute atomic E-state index is 12.8. The second kappa shape index (κ2) is 7.94. The molecular formula is C19H20F3N3O2. The molecule has 1 fully saturated rings. The highest BCUT2D eigenvalue weighted by Crippen LogP contribution is 2.29. The molecule has 2 aromatic rings. The van der Waals surface area contributed by atoms with Gasteiger partial charge in [0.1, 0.15) is 6.10 Å². The number of alkyl halides is 3. The monoisotopic (exact) mass is 379 g/mol. The molecule has 1 aliphatic heterocycles. The Morgan fingerprint density at radius 2 is 1.89 bits per heavy atom. The van der Waals surface area contributed by atoms with Crippen molar-refractivity contribution in [3.05, 3.63) is 53.3 Å². The molecular weight excluding hydrogens is 359 g/mol. The predicted molar refractivity (Wildman–Crippen MR) is 92.1 cm³/mol. The summed E-state index contributed by atoms with van der Waals surface area (Å²) in [5, 5.41) is 0. The minimum absolute atomic E-state index is 0.0451. The maximum Gasteiger partial charge on any atom is 0.416 e. The van der Waals surface area contributed by atoms with Crippen LogP contribution >= 0.6 is 0 Å². The fourth-order valence-corrected chi connectivity index (χ4v) is 2.96. The van der Waals surface area contributed by atoms with Crippen molar-refractivity contribution in [2.45, 2.75) is 38.5 Å². The van der Waals surface area contributed by atoms with Crippen LogP contribution in [0.2, 0.25) is 0 Å². The van der Waals surface area contributed by atoms with E-state index in [1.807, 2.05) is 6.92 Å². The lowest BCUT2D eigenvalue weighted by atomic mass is 10.0. The molecule has 0 bridgehead atoms. The van der Waals surface area contributed by atoms with Crippen molar-refractivity contribution in [1.82, 2.24) is 14.9 Å². The van der Waals surface area contributed by atoms with Gasteiger partial charge >= 0.3 is 12.2 Å². The first-order valence-electron chi connectivity index (χ1n) is 8.70. The molecule has 1 aliphatic rings. The van der Waals surface area contributed by atoms with Crippen LogP contribution in [0.5, 0.6) is 6.01 Å². The van der Waals surface area contributed by atoms with Crippen LogP contribution in [-0.4, -0.2) is 40.0 Å². The van der Waals surface area contributed by atoms with E-state index in [1.165, 1.54) is 12.1 Å². The van der Waals surface area contributed by atoms with Gasteiger partial charge in [0.2, 0.25) is 5.91 Å². The van der Waals surface area contributed by atoms with Crippen molar-refractivity contribution in [3.63, 3.8) is 0 Å². The molecule has 0 aliphatic carbocycles. The van der Waals surface area contributed by atoms with E-state index in [-0.39, 0.29) is 18.4 Å². The molecule has 1 aromatic heterocycles. The first kappa shape index (κ1) is 19.1. The number of rotatable bonds is 4. The third-order valence-corrected chi connectivity index (χ3v) is 4.43. The molecule has 0 radical (unpaired) electrons. The fraction of sp³-hybridized carbons (Fsp3) is 0.421. The number of carbonyl (C=O) groups excluding carboxylic acids is 1. The SMILES string of the molecule is Cc1cnc(OC2CCN(C(=O)Cc3cccc(C(F)(F)F)c3)CC2)nc1. The van der Waals surface area contributed by atoms with Crippen LogP contribution in [0.4, 0.5) is 13.2 Å². The molecule has 0 unspecified atom stereocenters. The number of likely N-dealkylation sites (tertiary alicyclic amines) is 1. The lowest BCUT2D eigenvalue weighted by Crippen LogP contribution is -2.42. The predicted octanol–water partition coefficient (Wildman–Crippen LogP) is 3.42. The van der Waals surface area contributed by atoms with E-state index < -0.39 is 11.7 Å². The normalized spacial score (nSPS) is 15.6. The lowest BCUT2D eigenvalue weighted by Gasteiger charge is -2.31. The van der Waals surface area contributed by atoms with Gasteiger partial charge in [0.15, 0.2) is 0 Å². The van der Waals surface area contributed by atoms with Crippen LogP contribution in [0.25, 0.3) is 0 Å². The van der Waals surface area contributed by atoms with Gasteiger partial charge in [-0.25, -0.2) is 9.97 Å². The van der Waals surface area contributed by atoms with Crippen molar-refractivity contribution in [2.75, 3.05) is 13.1 Å². The van der Waals surface area contributed by atoms with E-state index >= 15 is 0 Å². The third-order valence-electron chi connectivity index (χ3n) is 4.43. The standard InChI is InChI=1S/C19H20F3N3O2/c1-13-11-23-18(24-12-13)27-16-5-7-25(8-6-16)17(26)10-14-3-2-4-15(9-14)19(20,21)22/h2-4,9,11-12,16H,5-8,10H2,1H3. The van der Waals surface area contributed by atoms with Gasteiger partial charge < -0.3 is 9.64 Å². The van der Waals surface area contributed by atoms with E-state index in [1.54, 1.807) is 17.3 Å². The van der Waals surface area contributed by atoms with E-state index in [2.05, 4.69) is 9.97 Å². The first-order chi connectivity index (χ1) is 12.8. The van der Waals surface area contributed by atoms with Crippen LogP contribution in [0, 0.1) is 6.92 Å². The molecule has 144 valence electrons. The number of ether oxygens (including phenoxy) is 1. The van der Waals surface area contributed by atoms with Crippen molar-refractivity contribution in [2.24, 2.45) is 0 Å². The molecule has 0 saturated carbocycles. The highest BCUT2D eigenvalue weighted by Gasteiger charge is 2.31. The van der Waals surface area contributed by atoms with Crippen molar-refractivity contribution >= 4 is 5.91 Å². The maximum atomic E-state index is 12.8. The summed E-state index contributed by atoms with van der Waals surface area (Å²) in [4.78, 5) is 22.3. The molecule has 2 heterocycles. The van der Waals surface area contributed by atoms with E-state index in [0.29, 0.717) is 37.5 Å². The van der Waals surface area contributed by atoms with Gasteiger partial charge in [0, 0.05) is 38.3 Å². The van der Waals surface area contributed by atoms with Gasteiger partial charge in [-0.05, 0) is 24.1 Å². The van der Waals surface area contributed by atoms with Crippen LogP contribution < -0.4 is 4.74 Å². The summed E-state index contributed by atoms with van der Waals surface area (Å²) in [7, 11) is 0. The molecule has 5 nitrogen and oxygen atoms in total. The molecule has 3 rings (SSSR count). The fourth-order valence-electron chi connectivity index (χ4n) is 2.96. The number of piperidine rings is 1. The number of aromatic nitrogens is 2. The zero-order valence-corrected chi connectivity index (χ0v) is 14.9. The molecule has 1 aromatic carbocycles. The minimum atomic E-state index is -4.41. The van der Waals surface area contributed by atoms with E-state index in [0.717, 1.165) is 17.7 Å². The number of hydrogen-bond acceptors (Lipinski definition) is 4. The molecule has 0 atom stereocenters. The molecule has 0 N–H and O–H groups in total. The second-order valence-corrected chi connectivity index (χ2v) is 6.62. The zero-order chi connectivity index (χ0) is 19.4. The number of benzene rings is 1. The van der Waals surface area contributed by atoms with Gasteiger partial charge in [0.05, 0.1) is 12.0 Å². The summed E-state index contributed by atoms with van der Waals surface area (Å²) in [5.41, 5.74) is 0.566. The minimum Gasteiger partial charge on any atom is -0.460 e. The number of hydrogen-bond donors (Lipinski definition) is 0. The summed E-state index contributed by atoms with van der Waals surface area (Å²) >= 11 is 0. The summed E-state index contributed by atoms with van der Waals surface area (Å²) in [5.74, 6) is -0.181. The average Bonchev–Trinajstić information content (AvgIpc) is 2.64. The van der Waals surface area contributed by atoms with Crippen LogP contribution in [0.1, 0.15) is 29.5 Å². The number of carbonyl (C=O) groups is 1. The Kier molecular flexibility index (Phi) is 5.62. The van der Waals surface area contributed by atoms with E-state index in [4.69, 9.17) is 4.74 Å². The summed E-state index contributed by atoms with van der Waals surface area (Å²) in [6.07, 6.45) is 0.0809. The Balaban J connectivity index is 1.52. The quantitative estimate of drug-likeness (QED) is 0.817. The van der Waals surface area contributed by atoms with Crippen LogP contribution in [0.15, 0.2) is 36.7 Å². The van der Waals surface area contributed by atoms with Crippen molar-refractivity contribution in [3.8, 4) is 6.01 Å². The van der Waals surface area contributed by atoms with Crippen LogP contribution in [0.3, 0.4) is 0 Å². The first-order valence-corrected chi connectivity index (χ1v) is 8.70. The van der Waals surface area contributed by atoms with Gasteiger partial charge in [-0.15, -0.1) is 0 Å². The number of amides is 1. The highest BCUT2D eigenvalue weighted by molar-refractivity contribution is 5.79. The van der Waals surface area contributed by atoms with Gasteiger partial charge in [-0.2, -0.15) is 13.2 Å². The number of nitrogens with zero attached hydrogens (tertiary/aromatic N) is 3. The Morgan fingerprint density at radius 1 is 1.22 bits per heavy atom. The van der Waals surface area contributed by atoms with Crippen LogP contribution in [-0.2, 0) is 17.4 Å². The molecule has 0 spiro atoms. The van der Waals surface area contributed by atoms with Crippen molar-refractivity contribution < 1.29 is 22.7 Å². The molecule has 8 heteroatoms. The number of halogens is 3. The molecule has 1 saturated heterocycles. The summed E-state index contributed by atoms with van der Waals surface area (Å²) in [6.45, 7) is 2.88. The van der Waals surface area contributed by atoms with Gasteiger partial charge in [0.25, 0.3) is 0 Å². The Bertz CT molecular complexity index is 786. The topological polar surface area (TPSA) is 55.3 Å². The van der Waals surface area contributed by atoms with Crippen molar-refractivity contribution in [1.29, 1.82) is 0 Å². The Morgan fingerprint density at radius 3 is 2.52 bits per heavy atom. The molecule has 1 amide bonds. The lowest BCUT2D eigenvalue weighted by molar-refractivity contribution is -0.138. The molecule has 27 heavy (non-hydrogen) atoms. The van der Waals surface area contributed by atoms with Gasteiger partial charge in [-0.1, -0.05) is 18.2 Å². The zero-order valence-electron chi connectivity index (χ0n) is 14.9. The van der Waals surface area contributed by atoms with Gasteiger partial charge in [-0.3, -0.25) is 4.79 Å². The number of aryl methyl sites for hydroxylation is 1. The third kappa shape index (κ3) is 5.18. The van der Waals surface area contributed by atoms with E-state index in [9.17, 15) is 18.0 Å². The highest BCUT2D eigenvalue weighted by atomic mass is 19.4. The Labute approximate surface area is 155 Å². The largest absolute Gasteiger partial charge is 0.460 e. The summed E-state index contributed by atoms with van der Waals surface area (Å²) in [6, 6.07) is 5.21. The second-order valence-electron chi connectivity index (χ2n) is 6.62. The average molecular weight is 379 g/mol. The summed E-state index contributed by atoms with van der Waals surface area (Å²) < 4.78 is 44.1.